The van der Waals surface area contributed by atoms with E-state index < -0.39 is 0 Å². The summed E-state index contributed by atoms with van der Waals surface area (Å²) in [5.41, 5.74) is 2.52. The van der Waals surface area contributed by atoms with Gasteiger partial charge in [-0.15, -0.1) is 0 Å². The molecular formula is C40H48N2O3. The van der Waals surface area contributed by atoms with Gasteiger partial charge in [0.1, 0.15) is 40.7 Å². The summed E-state index contributed by atoms with van der Waals surface area (Å²) in [7, 11) is 0. The quantitative estimate of drug-likeness (QED) is 0.158. The Hall–Kier alpha value is -4.48. The van der Waals surface area contributed by atoms with Gasteiger partial charge in [0, 0.05) is 5.57 Å². The fraction of sp³-hybridized carbons (Fsp3) is 0.400. The van der Waals surface area contributed by atoms with Crippen molar-refractivity contribution in [3.8, 4) is 23.6 Å². The third kappa shape index (κ3) is 12.2. The van der Waals surface area contributed by atoms with E-state index in [-0.39, 0.29) is 5.57 Å². The molecule has 5 heteroatoms. The summed E-state index contributed by atoms with van der Waals surface area (Å²) in [6.45, 7) is 10.4. The van der Waals surface area contributed by atoms with Crippen LogP contribution in [0.2, 0.25) is 0 Å². The number of nitriles is 2. The summed E-state index contributed by atoms with van der Waals surface area (Å²) in [4.78, 5) is 0. The minimum Gasteiger partial charge on any atom is -0.493 e. The Morgan fingerprint density at radius 3 is 1.44 bits per heavy atom. The van der Waals surface area contributed by atoms with Gasteiger partial charge in [-0.1, -0.05) is 103 Å². The molecule has 5 nitrogen and oxygen atoms in total. The molecule has 1 heterocycles. The van der Waals surface area contributed by atoms with Crippen LogP contribution in [0.4, 0.5) is 0 Å². The first-order valence-corrected chi connectivity index (χ1v) is 16.5. The second-order valence-electron chi connectivity index (χ2n) is 11.5. The largest absolute Gasteiger partial charge is 0.493 e. The zero-order chi connectivity index (χ0) is 32.3. The van der Waals surface area contributed by atoms with Crippen LogP contribution in [0.3, 0.4) is 0 Å². The van der Waals surface area contributed by atoms with Crippen LogP contribution < -0.4 is 9.47 Å². The molecule has 2 atom stereocenters. The Morgan fingerprint density at radius 1 is 0.667 bits per heavy atom. The predicted octanol–water partition coefficient (Wildman–Crippen LogP) is 10.7. The van der Waals surface area contributed by atoms with Gasteiger partial charge in [-0.05, 0) is 84.4 Å². The van der Waals surface area contributed by atoms with Gasteiger partial charge in [-0.25, -0.2) is 0 Å². The number of rotatable bonds is 18. The zero-order valence-corrected chi connectivity index (χ0v) is 27.4. The van der Waals surface area contributed by atoms with Crippen molar-refractivity contribution in [1.82, 2.24) is 0 Å². The SMILES string of the molecule is CCCCC(CC)COc1ccc(/C=C/C2=CC(=C(C#N)C#N)C=C(/C=C/c3ccc(OCC(CC)CCCC)cc3)O2)cc1. The highest BCUT2D eigenvalue weighted by Gasteiger charge is 2.12. The molecule has 2 aromatic carbocycles. The number of hydrogen-bond acceptors (Lipinski definition) is 5. The minimum atomic E-state index is 0.0340. The van der Waals surface area contributed by atoms with E-state index in [1.165, 1.54) is 38.5 Å². The monoisotopic (exact) mass is 604 g/mol. The standard InChI is InChI=1S/C40H48N2O3/c1-5-9-11-31(7-3)29-43-37-19-13-33(14-20-37)17-23-39-25-35(36(27-41)28-42)26-40(45-39)24-18-34-15-21-38(22-16-34)44-30-32(8-4)12-10-6-2/h13-26,31-32H,5-12,29-30H2,1-4H3/b23-17+,24-18+. The van der Waals surface area contributed by atoms with E-state index in [4.69, 9.17) is 14.2 Å². The summed E-state index contributed by atoms with van der Waals surface area (Å²) in [5, 5.41) is 19.0. The molecule has 45 heavy (non-hydrogen) atoms. The molecule has 1 aliphatic heterocycles. The van der Waals surface area contributed by atoms with Gasteiger partial charge >= 0.3 is 0 Å². The van der Waals surface area contributed by atoms with Gasteiger partial charge in [0.05, 0.1) is 13.2 Å². The molecular weight excluding hydrogens is 556 g/mol. The molecule has 0 bridgehead atoms. The van der Waals surface area contributed by atoms with Crippen molar-refractivity contribution in [2.45, 2.75) is 79.1 Å². The third-order valence-electron chi connectivity index (χ3n) is 8.04. The molecule has 2 unspecified atom stereocenters. The topological polar surface area (TPSA) is 75.3 Å². The van der Waals surface area contributed by atoms with Crippen LogP contribution in [-0.4, -0.2) is 13.2 Å². The Morgan fingerprint density at radius 2 is 1.09 bits per heavy atom. The van der Waals surface area contributed by atoms with E-state index in [0.717, 1.165) is 48.7 Å². The van der Waals surface area contributed by atoms with Crippen LogP contribution in [-0.2, 0) is 4.74 Å². The third-order valence-corrected chi connectivity index (χ3v) is 8.04. The predicted molar refractivity (Wildman–Crippen MR) is 184 cm³/mol. The number of unbranched alkanes of at least 4 members (excludes halogenated alkanes) is 2. The molecule has 0 aromatic heterocycles. The summed E-state index contributed by atoms with van der Waals surface area (Å²) >= 11 is 0. The van der Waals surface area contributed by atoms with Crippen molar-refractivity contribution in [3.05, 3.63) is 107 Å². The van der Waals surface area contributed by atoms with Gasteiger partial charge in [0.25, 0.3) is 0 Å². The van der Waals surface area contributed by atoms with E-state index in [1.54, 1.807) is 12.2 Å². The Labute approximate surface area is 270 Å². The second kappa shape index (κ2) is 19.7. The fourth-order valence-corrected chi connectivity index (χ4v) is 4.94. The Balaban J connectivity index is 1.65. The van der Waals surface area contributed by atoms with Crippen molar-refractivity contribution in [2.75, 3.05) is 13.2 Å². The summed E-state index contributed by atoms with van der Waals surface area (Å²) in [6.07, 6.45) is 20.5. The highest BCUT2D eigenvalue weighted by atomic mass is 16.5. The lowest BCUT2D eigenvalue weighted by Gasteiger charge is -2.16. The van der Waals surface area contributed by atoms with Crippen LogP contribution in [0, 0.1) is 34.5 Å². The van der Waals surface area contributed by atoms with Crippen LogP contribution in [0.15, 0.2) is 95.5 Å². The van der Waals surface area contributed by atoms with E-state index >= 15 is 0 Å². The molecule has 0 radical (unpaired) electrons. The Kier molecular flexibility index (Phi) is 15.3. The molecule has 1 aliphatic rings. The molecule has 2 aromatic rings. The number of nitrogens with zero attached hydrogens (tertiary/aromatic N) is 2. The molecule has 0 spiro atoms. The van der Waals surface area contributed by atoms with Crippen molar-refractivity contribution in [1.29, 1.82) is 10.5 Å². The molecule has 0 fully saturated rings. The van der Waals surface area contributed by atoms with Gasteiger partial charge in [-0.3, -0.25) is 0 Å². The molecule has 0 saturated heterocycles. The molecule has 0 N–H and O–H groups in total. The maximum atomic E-state index is 9.50. The average Bonchev–Trinajstić information content (AvgIpc) is 3.08. The summed E-state index contributed by atoms with van der Waals surface area (Å²) < 4.78 is 18.2. The van der Waals surface area contributed by atoms with Crippen LogP contribution in [0.25, 0.3) is 12.2 Å². The maximum absolute atomic E-state index is 9.50. The number of ether oxygens (including phenoxy) is 3. The first-order chi connectivity index (χ1) is 22.0. The van der Waals surface area contributed by atoms with Crippen molar-refractivity contribution in [3.63, 3.8) is 0 Å². The molecule has 0 amide bonds. The van der Waals surface area contributed by atoms with E-state index in [2.05, 4.69) is 27.7 Å². The minimum absolute atomic E-state index is 0.0340. The normalized spacial score (nSPS) is 14.2. The summed E-state index contributed by atoms with van der Waals surface area (Å²) in [6, 6.07) is 19.9. The molecule has 3 rings (SSSR count). The fourth-order valence-electron chi connectivity index (χ4n) is 4.94. The molecule has 0 aliphatic carbocycles. The van der Waals surface area contributed by atoms with Crippen molar-refractivity contribution < 1.29 is 14.2 Å². The average molecular weight is 605 g/mol. The molecule has 236 valence electrons. The molecule has 0 saturated carbocycles. The van der Waals surface area contributed by atoms with Crippen LogP contribution >= 0.6 is 0 Å². The van der Waals surface area contributed by atoms with E-state index in [9.17, 15) is 10.5 Å². The lowest BCUT2D eigenvalue weighted by Crippen LogP contribution is -2.11. The Bertz CT molecular complexity index is 1320. The highest BCUT2D eigenvalue weighted by Crippen LogP contribution is 2.26. The first-order valence-electron chi connectivity index (χ1n) is 16.5. The maximum Gasteiger partial charge on any atom is 0.137 e. The lowest BCUT2D eigenvalue weighted by atomic mass is 10.0. The second-order valence-corrected chi connectivity index (χ2v) is 11.5. The van der Waals surface area contributed by atoms with Gasteiger partial charge < -0.3 is 14.2 Å². The zero-order valence-electron chi connectivity index (χ0n) is 27.4. The van der Waals surface area contributed by atoms with Crippen LogP contribution in [0.5, 0.6) is 11.5 Å². The van der Waals surface area contributed by atoms with E-state index in [1.807, 2.05) is 85.0 Å². The van der Waals surface area contributed by atoms with Gasteiger partial charge in [-0.2, -0.15) is 10.5 Å². The number of hydrogen-bond donors (Lipinski definition) is 0. The van der Waals surface area contributed by atoms with Crippen LogP contribution in [0.1, 0.15) is 90.2 Å². The number of allylic oxidation sites excluding steroid dienone is 6. The smallest absolute Gasteiger partial charge is 0.137 e. The number of benzene rings is 2. The van der Waals surface area contributed by atoms with E-state index in [0.29, 0.717) is 28.9 Å². The van der Waals surface area contributed by atoms with Gasteiger partial charge in [0.15, 0.2) is 0 Å². The highest BCUT2D eigenvalue weighted by molar-refractivity contribution is 5.60. The van der Waals surface area contributed by atoms with Gasteiger partial charge in [0.2, 0.25) is 0 Å². The van der Waals surface area contributed by atoms with Crippen molar-refractivity contribution in [2.24, 2.45) is 11.8 Å². The first kappa shape index (κ1) is 35.0. The summed E-state index contributed by atoms with van der Waals surface area (Å²) in [5.74, 6) is 3.96. The van der Waals surface area contributed by atoms with Crippen molar-refractivity contribution >= 4 is 12.2 Å². The lowest BCUT2D eigenvalue weighted by molar-refractivity contribution is 0.233.